The summed E-state index contributed by atoms with van der Waals surface area (Å²) in [7, 11) is 1.65. The molecule has 0 atom stereocenters. The molecule has 0 saturated carbocycles. The van der Waals surface area contributed by atoms with Crippen molar-refractivity contribution in [3.8, 4) is 17.2 Å². The number of H-pyrrole nitrogens is 1. The number of hydrogen-bond donors (Lipinski definition) is 1. The van der Waals surface area contributed by atoms with Crippen LogP contribution in [0.4, 0.5) is 4.39 Å². The first kappa shape index (κ1) is 27.0. The highest BCUT2D eigenvalue weighted by atomic mass is 19.1. The monoisotopic (exact) mass is 518 g/mol. The molecule has 0 spiro atoms. The SMILES string of the molecule is CCOc1ccc(CC(=O)N(CCc2c(C)[nH]c3ccc(OC)cc23)Cc2ccccc2F)cc1OCC. The maximum atomic E-state index is 14.6. The van der Waals surface area contributed by atoms with Crippen molar-refractivity contribution in [3.63, 3.8) is 0 Å². The Morgan fingerprint density at radius 3 is 2.47 bits per heavy atom. The Morgan fingerprint density at radius 1 is 0.974 bits per heavy atom. The van der Waals surface area contributed by atoms with E-state index in [9.17, 15) is 9.18 Å². The minimum absolute atomic E-state index is 0.0880. The van der Waals surface area contributed by atoms with Gasteiger partial charge in [0, 0.05) is 35.2 Å². The maximum Gasteiger partial charge on any atom is 0.227 e. The van der Waals surface area contributed by atoms with Crippen LogP contribution >= 0.6 is 0 Å². The number of rotatable bonds is 12. The number of nitrogens with zero attached hydrogens (tertiary/aromatic N) is 1. The van der Waals surface area contributed by atoms with Crippen molar-refractivity contribution in [1.82, 2.24) is 9.88 Å². The number of hydrogen-bond acceptors (Lipinski definition) is 4. The van der Waals surface area contributed by atoms with Crippen LogP contribution in [0.25, 0.3) is 10.9 Å². The lowest BCUT2D eigenvalue weighted by Crippen LogP contribution is -2.34. The number of aromatic nitrogens is 1. The average molecular weight is 519 g/mol. The summed E-state index contributed by atoms with van der Waals surface area (Å²) in [4.78, 5) is 18.8. The van der Waals surface area contributed by atoms with Crippen LogP contribution < -0.4 is 14.2 Å². The predicted octanol–water partition coefficient (Wildman–Crippen LogP) is 6.24. The third-order valence-electron chi connectivity index (χ3n) is 6.59. The lowest BCUT2D eigenvalue weighted by atomic mass is 10.1. The number of amides is 1. The Labute approximate surface area is 223 Å². The molecule has 0 bridgehead atoms. The van der Waals surface area contributed by atoms with Crippen LogP contribution in [-0.2, 0) is 24.2 Å². The maximum absolute atomic E-state index is 14.6. The Morgan fingerprint density at radius 2 is 1.74 bits per heavy atom. The van der Waals surface area contributed by atoms with Crippen LogP contribution in [0.1, 0.15) is 36.2 Å². The summed E-state index contributed by atoms with van der Waals surface area (Å²) in [6.07, 6.45) is 0.786. The second-order valence-electron chi connectivity index (χ2n) is 9.12. The first-order valence-corrected chi connectivity index (χ1v) is 13.0. The van der Waals surface area contributed by atoms with E-state index in [-0.39, 0.29) is 24.7 Å². The number of methoxy groups -OCH3 is 1. The summed E-state index contributed by atoms with van der Waals surface area (Å²) >= 11 is 0. The zero-order valence-corrected chi connectivity index (χ0v) is 22.5. The molecule has 4 aromatic rings. The van der Waals surface area contributed by atoms with Gasteiger partial charge in [-0.3, -0.25) is 4.79 Å². The highest BCUT2D eigenvalue weighted by Gasteiger charge is 2.19. The lowest BCUT2D eigenvalue weighted by molar-refractivity contribution is -0.131. The van der Waals surface area contributed by atoms with Gasteiger partial charge in [-0.05, 0) is 74.7 Å². The number of aromatic amines is 1. The summed E-state index contributed by atoms with van der Waals surface area (Å²) in [6, 6.07) is 18.1. The number of nitrogens with one attached hydrogen (secondary N) is 1. The molecule has 1 heterocycles. The largest absolute Gasteiger partial charge is 0.497 e. The molecule has 0 fully saturated rings. The van der Waals surface area contributed by atoms with Crippen LogP contribution in [0.5, 0.6) is 17.2 Å². The fraction of sp³-hybridized carbons (Fsp3) is 0.323. The average Bonchev–Trinajstić information content (AvgIpc) is 3.23. The minimum Gasteiger partial charge on any atom is -0.497 e. The van der Waals surface area contributed by atoms with Crippen molar-refractivity contribution < 1.29 is 23.4 Å². The molecule has 0 radical (unpaired) electrons. The van der Waals surface area contributed by atoms with E-state index < -0.39 is 0 Å². The van der Waals surface area contributed by atoms with Gasteiger partial charge in [-0.15, -0.1) is 0 Å². The van der Waals surface area contributed by atoms with Gasteiger partial charge in [0.2, 0.25) is 5.91 Å². The van der Waals surface area contributed by atoms with E-state index in [4.69, 9.17) is 14.2 Å². The molecule has 4 rings (SSSR count). The van der Waals surface area contributed by atoms with Crippen molar-refractivity contribution in [2.45, 2.75) is 40.2 Å². The van der Waals surface area contributed by atoms with E-state index in [1.54, 1.807) is 30.2 Å². The van der Waals surface area contributed by atoms with Gasteiger partial charge in [0.25, 0.3) is 0 Å². The lowest BCUT2D eigenvalue weighted by Gasteiger charge is -2.24. The molecular weight excluding hydrogens is 483 g/mol. The van der Waals surface area contributed by atoms with Gasteiger partial charge in [-0.25, -0.2) is 4.39 Å². The molecule has 38 heavy (non-hydrogen) atoms. The molecule has 1 amide bonds. The van der Waals surface area contributed by atoms with Crippen molar-refractivity contribution in [1.29, 1.82) is 0 Å². The fourth-order valence-electron chi connectivity index (χ4n) is 4.67. The highest BCUT2D eigenvalue weighted by molar-refractivity contribution is 5.86. The van der Waals surface area contributed by atoms with Crippen LogP contribution in [0.15, 0.2) is 60.7 Å². The van der Waals surface area contributed by atoms with Crippen molar-refractivity contribution in [2.24, 2.45) is 0 Å². The molecule has 0 aliphatic heterocycles. The van der Waals surface area contributed by atoms with E-state index in [2.05, 4.69) is 4.98 Å². The molecule has 0 aliphatic carbocycles. The van der Waals surface area contributed by atoms with Gasteiger partial charge in [-0.1, -0.05) is 24.3 Å². The van der Waals surface area contributed by atoms with Gasteiger partial charge >= 0.3 is 0 Å². The number of carbonyl (C=O) groups excluding carboxylic acids is 1. The second kappa shape index (κ2) is 12.5. The van der Waals surface area contributed by atoms with Crippen molar-refractivity contribution >= 4 is 16.8 Å². The highest BCUT2D eigenvalue weighted by Crippen LogP contribution is 2.30. The number of carbonyl (C=O) groups is 1. The Balaban J connectivity index is 1.59. The number of aryl methyl sites for hydroxylation is 1. The van der Waals surface area contributed by atoms with E-state index in [0.29, 0.717) is 43.2 Å². The van der Waals surface area contributed by atoms with Crippen molar-refractivity contribution in [3.05, 3.63) is 88.9 Å². The molecule has 6 nitrogen and oxygen atoms in total. The van der Waals surface area contributed by atoms with Crippen LogP contribution in [0, 0.1) is 12.7 Å². The first-order valence-electron chi connectivity index (χ1n) is 13.0. The molecule has 3 aromatic carbocycles. The summed E-state index contributed by atoms with van der Waals surface area (Å²) in [5.74, 6) is 1.63. The number of halogens is 1. The Hall–Kier alpha value is -4.00. The first-order chi connectivity index (χ1) is 18.4. The summed E-state index contributed by atoms with van der Waals surface area (Å²) < 4.78 is 31.4. The van der Waals surface area contributed by atoms with Gasteiger partial charge in [0.05, 0.1) is 26.7 Å². The number of fused-ring (bicyclic) bond motifs is 1. The molecule has 0 saturated heterocycles. The van der Waals surface area contributed by atoms with Crippen molar-refractivity contribution in [2.75, 3.05) is 26.9 Å². The normalized spacial score (nSPS) is 11.0. The van der Waals surface area contributed by atoms with Gasteiger partial charge in [-0.2, -0.15) is 0 Å². The van der Waals surface area contributed by atoms with Gasteiger partial charge < -0.3 is 24.1 Å². The number of benzene rings is 3. The van der Waals surface area contributed by atoms with Gasteiger partial charge in [0.15, 0.2) is 11.5 Å². The summed E-state index contributed by atoms with van der Waals surface area (Å²) in [6.45, 7) is 7.49. The summed E-state index contributed by atoms with van der Waals surface area (Å²) in [5.41, 5.74) is 4.47. The Kier molecular flexibility index (Phi) is 8.89. The van der Waals surface area contributed by atoms with Gasteiger partial charge in [0.1, 0.15) is 11.6 Å². The zero-order chi connectivity index (χ0) is 27.1. The molecule has 0 unspecified atom stereocenters. The third-order valence-corrected chi connectivity index (χ3v) is 6.59. The molecule has 1 aromatic heterocycles. The van der Waals surface area contributed by atoms with Crippen LogP contribution in [0.3, 0.4) is 0 Å². The van der Waals surface area contributed by atoms with E-state index >= 15 is 0 Å². The molecule has 1 N–H and O–H groups in total. The van der Waals surface area contributed by atoms with E-state index in [0.717, 1.165) is 33.5 Å². The molecular formula is C31H35FN2O4. The third kappa shape index (κ3) is 6.28. The quantitative estimate of drug-likeness (QED) is 0.241. The molecule has 7 heteroatoms. The van der Waals surface area contributed by atoms with Crippen LogP contribution in [-0.4, -0.2) is 42.7 Å². The second-order valence-corrected chi connectivity index (χ2v) is 9.12. The fourth-order valence-corrected chi connectivity index (χ4v) is 4.67. The standard InChI is InChI=1S/C31H35FN2O4/c1-5-37-29-14-11-22(17-30(29)38-6-2)18-31(35)34(20-23-9-7-8-10-27(23)32)16-15-25-21(3)33-28-13-12-24(36-4)19-26(25)28/h7-14,17,19,33H,5-6,15-16,18,20H2,1-4H3. The predicted molar refractivity (Wildman–Crippen MR) is 148 cm³/mol. The number of ether oxygens (including phenoxy) is 3. The smallest absolute Gasteiger partial charge is 0.227 e. The zero-order valence-electron chi connectivity index (χ0n) is 22.5. The molecule has 0 aliphatic rings. The molecule has 200 valence electrons. The van der Waals surface area contributed by atoms with Crippen LogP contribution in [0.2, 0.25) is 0 Å². The topological polar surface area (TPSA) is 63.8 Å². The summed E-state index contributed by atoms with van der Waals surface area (Å²) in [5, 5.41) is 1.06. The minimum atomic E-state index is -0.321. The van der Waals surface area contributed by atoms with E-state index in [1.807, 2.05) is 57.2 Å². The van der Waals surface area contributed by atoms with E-state index in [1.165, 1.54) is 6.07 Å². The Bertz CT molecular complexity index is 1400.